The Morgan fingerprint density at radius 1 is 1.48 bits per heavy atom. The molecule has 2 heterocycles. The molecule has 0 radical (unpaired) electrons. The Hall–Kier alpha value is -2.76. The van der Waals surface area contributed by atoms with Crippen LogP contribution < -0.4 is 10.5 Å². The highest BCUT2D eigenvalue weighted by Gasteiger charge is 2.10. The van der Waals surface area contributed by atoms with Gasteiger partial charge in [-0.25, -0.2) is 4.98 Å². The van der Waals surface area contributed by atoms with Crippen LogP contribution in [0.25, 0.3) is 10.9 Å². The summed E-state index contributed by atoms with van der Waals surface area (Å²) in [7, 11) is 1.65. The number of aromatic nitrogens is 3. The number of nitrogens with zero attached hydrogens (tertiary/aromatic N) is 2. The van der Waals surface area contributed by atoms with Crippen LogP contribution in [0.1, 0.15) is 16.2 Å². The van der Waals surface area contributed by atoms with Crippen molar-refractivity contribution in [3.05, 3.63) is 48.2 Å². The number of carbonyl (C=O) groups is 1. The summed E-state index contributed by atoms with van der Waals surface area (Å²) < 4.78 is 7.02. The van der Waals surface area contributed by atoms with Gasteiger partial charge in [0.2, 0.25) is 0 Å². The topological polar surface area (TPSA) is 85.9 Å². The number of hydrogen-bond acceptors (Lipinski definition) is 3. The summed E-state index contributed by atoms with van der Waals surface area (Å²) in [4.78, 5) is 18.5. The lowest BCUT2D eigenvalue weighted by Crippen LogP contribution is -2.18. The van der Waals surface area contributed by atoms with Crippen LogP contribution in [0.3, 0.4) is 0 Å². The number of carbonyl (C=O) groups excluding carboxylic acids is 1. The number of aromatic amines is 1. The molecule has 6 heteroatoms. The molecule has 21 heavy (non-hydrogen) atoms. The normalized spacial score (nSPS) is 10.9. The Kier molecular flexibility index (Phi) is 3.35. The SMILES string of the molecule is COc1ccc2[nH]cc(CCn3ccnc3C(N)=O)c2c1. The molecule has 1 amide bonds. The first kappa shape index (κ1) is 13.2. The predicted molar refractivity (Wildman–Crippen MR) is 79.3 cm³/mol. The Labute approximate surface area is 121 Å². The Balaban J connectivity index is 1.85. The Morgan fingerprint density at radius 3 is 3.10 bits per heavy atom. The second kappa shape index (κ2) is 5.32. The van der Waals surface area contributed by atoms with Crippen molar-refractivity contribution in [1.82, 2.24) is 14.5 Å². The van der Waals surface area contributed by atoms with Crippen molar-refractivity contribution < 1.29 is 9.53 Å². The largest absolute Gasteiger partial charge is 0.497 e. The summed E-state index contributed by atoms with van der Waals surface area (Å²) in [6.45, 7) is 0.641. The van der Waals surface area contributed by atoms with E-state index in [0.29, 0.717) is 6.54 Å². The van der Waals surface area contributed by atoms with Gasteiger partial charge in [0.1, 0.15) is 5.75 Å². The quantitative estimate of drug-likeness (QED) is 0.748. The monoisotopic (exact) mass is 284 g/mol. The van der Waals surface area contributed by atoms with Crippen molar-refractivity contribution in [3.8, 4) is 5.75 Å². The fourth-order valence-corrected chi connectivity index (χ4v) is 2.45. The molecule has 6 nitrogen and oxygen atoms in total. The zero-order valence-electron chi connectivity index (χ0n) is 11.7. The van der Waals surface area contributed by atoms with E-state index in [1.165, 1.54) is 0 Å². The third-order valence-corrected chi connectivity index (χ3v) is 3.53. The van der Waals surface area contributed by atoms with Gasteiger partial charge in [0.25, 0.3) is 5.91 Å². The van der Waals surface area contributed by atoms with E-state index < -0.39 is 5.91 Å². The van der Waals surface area contributed by atoms with E-state index in [1.54, 1.807) is 24.1 Å². The number of ether oxygens (including phenoxy) is 1. The van der Waals surface area contributed by atoms with Gasteiger partial charge >= 0.3 is 0 Å². The smallest absolute Gasteiger partial charge is 0.284 e. The van der Waals surface area contributed by atoms with Crippen molar-refractivity contribution >= 4 is 16.8 Å². The summed E-state index contributed by atoms with van der Waals surface area (Å²) >= 11 is 0. The molecule has 0 fully saturated rings. The zero-order valence-corrected chi connectivity index (χ0v) is 11.7. The summed E-state index contributed by atoms with van der Waals surface area (Å²) in [5.74, 6) is 0.594. The first-order valence-corrected chi connectivity index (χ1v) is 6.64. The first-order valence-electron chi connectivity index (χ1n) is 6.64. The maximum atomic E-state index is 11.3. The number of amides is 1. The number of nitrogens with one attached hydrogen (secondary N) is 1. The highest BCUT2D eigenvalue weighted by atomic mass is 16.5. The molecule has 0 unspecified atom stereocenters. The Bertz CT molecular complexity index is 788. The number of aryl methyl sites for hydroxylation is 2. The molecule has 0 aliphatic carbocycles. The fraction of sp³-hybridized carbons (Fsp3) is 0.200. The molecule has 0 spiro atoms. The standard InChI is InChI=1S/C15H16N4O2/c1-21-11-2-3-13-12(8-11)10(9-18-13)4-6-19-7-5-17-15(19)14(16)20/h2-3,5,7-9,18H,4,6H2,1H3,(H2,16,20). The number of primary amides is 1. The molecule has 0 aliphatic rings. The molecule has 3 rings (SSSR count). The van der Waals surface area contributed by atoms with Gasteiger partial charge in [-0.05, 0) is 30.2 Å². The molecule has 3 aromatic rings. The maximum absolute atomic E-state index is 11.3. The molecule has 0 saturated heterocycles. The molecule has 2 aromatic heterocycles. The second-order valence-corrected chi connectivity index (χ2v) is 4.78. The molecule has 0 atom stereocenters. The van der Waals surface area contributed by atoms with Gasteiger partial charge in [0.15, 0.2) is 5.82 Å². The number of imidazole rings is 1. The van der Waals surface area contributed by atoms with Gasteiger partial charge in [-0.1, -0.05) is 0 Å². The maximum Gasteiger partial charge on any atom is 0.284 e. The molecular weight excluding hydrogens is 268 g/mol. The summed E-state index contributed by atoms with van der Waals surface area (Å²) in [5.41, 5.74) is 7.51. The molecular formula is C15H16N4O2. The molecule has 0 bridgehead atoms. The molecule has 108 valence electrons. The number of hydrogen-bond donors (Lipinski definition) is 2. The van der Waals surface area contributed by atoms with E-state index in [4.69, 9.17) is 10.5 Å². The summed E-state index contributed by atoms with van der Waals surface area (Å²) in [5, 5.41) is 1.12. The van der Waals surface area contributed by atoms with Crippen LogP contribution in [-0.2, 0) is 13.0 Å². The summed E-state index contributed by atoms with van der Waals surface area (Å²) in [6.07, 6.45) is 6.09. The second-order valence-electron chi connectivity index (χ2n) is 4.78. The third kappa shape index (κ3) is 2.47. The van der Waals surface area contributed by atoms with E-state index in [0.717, 1.165) is 28.6 Å². The van der Waals surface area contributed by atoms with Crippen LogP contribution in [0.2, 0.25) is 0 Å². The van der Waals surface area contributed by atoms with Gasteiger partial charge in [0.05, 0.1) is 7.11 Å². The summed E-state index contributed by atoms with van der Waals surface area (Å²) in [6, 6.07) is 5.91. The number of fused-ring (bicyclic) bond motifs is 1. The number of methoxy groups -OCH3 is 1. The minimum atomic E-state index is -0.513. The van der Waals surface area contributed by atoms with Gasteiger partial charge in [-0.15, -0.1) is 0 Å². The minimum absolute atomic E-state index is 0.285. The highest BCUT2D eigenvalue weighted by molar-refractivity contribution is 5.89. The van der Waals surface area contributed by atoms with Gasteiger partial charge < -0.3 is 20.0 Å². The fourth-order valence-electron chi connectivity index (χ4n) is 2.45. The number of H-pyrrole nitrogens is 1. The van der Waals surface area contributed by atoms with Gasteiger partial charge in [-0.2, -0.15) is 0 Å². The van der Waals surface area contributed by atoms with E-state index in [-0.39, 0.29) is 5.82 Å². The van der Waals surface area contributed by atoms with Crippen LogP contribution in [-0.4, -0.2) is 27.6 Å². The number of nitrogens with two attached hydrogens (primary N) is 1. The Morgan fingerprint density at radius 2 is 2.33 bits per heavy atom. The van der Waals surface area contributed by atoms with Crippen LogP contribution in [0.5, 0.6) is 5.75 Å². The van der Waals surface area contributed by atoms with E-state index in [9.17, 15) is 4.79 Å². The molecule has 0 aliphatic heterocycles. The number of rotatable bonds is 5. The third-order valence-electron chi connectivity index (χ3n) is 3.53. The molecule has 1 aromatic carbocycles. The zero-order chi connectivity index (χ0) is 14.8. The molecule has 0 saturated carbocycles. The molecule has 3 N–H and O–H groups in total. The lowest BCUT2D eigenvalue weighted by Gasteiger charge is -2.05. The van der Waals surface area contributed by atoms with Crippen LogP contribution in [0, 0.1) is 0 Å². The van der Waals surface area contributed by atoms with Crippen molar-refractivity contribution in [1.29, 1.82) is 0 Å². The van der Waals surface area contributed by atoms with Crippen LogP contribution >= 0.6 is 0 Å². The van der Waals surface area contributed by atoms with Crippen LogP contribution in [0.15, 0.2) is 36.8 Å². The van der Waals surface area contributed by atoms with Crippen LogP contribution in [0.4, 0.5) is 0 Å². The van der Waals surface area contributed by atoms with Crippen molar-refractivity contribution in [3.63, 3.8) is 0 Å². The van der Waals surface area contributed by atoms with Crippen molar-refractivity contribution in [2.45, 2.75) is 13.0 Å². The average molecular weight is 284 g/mol. The number of benzene rings is 1. The van der Waals surface area contributed by atoms with E-state index >= 15 is 0 Å². The average Bonchev–Trinajstić information content (AvgIpc) is 3.11. The lowest BCUT2D eigenvalue weighted by atomic mass is 10.1. The lowest BCUT2D eigenvalue weighted by molar-refractivity contribution is 0.0986. The van der Waals surface area contributed by atoms with Crippen molar-refractivity contribution in [2.24, 2.45) is 5.73 Å². The van der Waals surface area contributed by atoms with Gasteiger partial charge in [0, 0.05) is 36.0 Å². The van der Waals surface area contributed by atoms with Crippen molar-refractivity contribution in [2.75, 3.05) is 7.11 Å². The van der Waals surface area contributed by atoms with Gasteiger partial charge in [-0.3, -0.25) is 4.79 Å². The first-order chi connectivity index (χ1) is 10.2. The highest BCUT2D eigenvalue weighted by Crippen LogP contribution is 2.24. The van der Waals surface area contributed by atoms with E-state index in [2.05, 4.69) is 9.97 Å². The predicted octanol–water partition coefficient (Wildman–Crippen LogP) is 1.71. The minimum Gasteiger partial charge on any atom is -0.497 e. The van der Waals surface area contributed by atoms with E-state index in [1.807, 2.05) is 24.4 Å².